The first-order chi connectivity index (χ1) is 13.1. The molecule has 0 saturated carbocycles. The maximum absolute atomic E-state index is 12.8. The summed E-state index contributed by atoms with van der Waals surface area (Å²) in [5.41, 5.74) is 8.40. The van der Waals surface area contributed by atoms with Gasteiger partial charge >= 0.3 is 0 Å². The maximum atomic E-state index is 12.8. The Morgan fingerprint density at radius 3 is 2.57 bits per heavy atom. The maximum Gasteiger partial charge on any atom is 0.266 e. The molecule has 144 valence electrons. The highest BCUT2D eigenvalue weighted by Gasteiger charge is 2.51. The van der Waals surface area contributed by atoms with Crippen LogP contribution >= 0.6 is 23.2 Å². The highest BCUT2D eigenvalue weighted by Crippen LogP contribution is 2.48. The number of aromatic nitrogens is 2. The summed E-state index contributed by atoms with van der Waals surface area (Å²) < 4.78 is 1.54. The van der Waals surface area contributed by atoms with Gasteiger partial charge in [-0.1, -0.05) is 40.9 Å². The number of anilines is 2. The first kappa shape index (κ1) is 18.8. The standard InChI is InChI=1S/C20H18Cl2N4O2/c1-9-4-5-15(10(2)6-9)26-18(23)16(11(3)25-26)20(28)13-7-12(21)8-14(22)17(13)24-19(20)27/h4-8,28H,23H2,1-3H3,(H,24,27)/t20-/m0/s1. The molecule has 1 amide bonds. The summed E-state index contributed by atoms with van der Waals surface area (Å²) in [5, 5.41) is 19.2. The molecule has 1 aliphatic heterocycles. The van der Waals surface area contributed by atoms with E-state index in [0.29, 0.717) is 16.4 Å². The average Bonchev–Trinajstić information content (AvgIpc) is 3.03. The summed E-state index contributed by atoms with van der Waals surface area (Å²) in [4.78, 5) is 12.8. The summed E-state index contributed by atoms with van der Waals surface area (Å²) in [6.45, 7) is 5.64. The van der Waals surface area contributed by atoms with E-state index >= 15 is 0 Å². The number of nitrogens with zero attached hydrogens (tertiary/aromatic N) is 2. The SMILES string of the molecule is Cc1ccc(-n2nc(C)c([C@]3(O)C(=O)Nc4c(Cl)cc(Cl)cc43)c2N)c(C)c1. The lowest BCUT2D eigenvalue weighted by molar-refractivity contribution is -0.129. The molecule has 0 radical (unpaired) electrons. The quantitative estimate of drug-likeness (QED) is 0.590. The Morgan fingerprint density at radius 2 is 1.89 bits per heavy atom. The van der Waals surface area contributed by atoms with Crippen LogP contribution in [0.5, 0.6) is 0 Å². The van der Waals surface area contributed by atoms with E-state index in [1.165, 1.54) is 16.8 Å². The highest BCUT2D eigenvalue weighted by molar-refractivity contribution is 6.38. The molecule has 0 saturated heterocycles. The van der Waals surface area contributed by atoms with E-state index in [4.69, 9.17) is 28.9 Å². The molecule has 0 spiro atoms. The van der Waals surface area contributed by atoms with Gasteiger partial charge in [0, 0.05) is 10.6 Å². The fraction of sp³-hybridized carbons (Fsp3) is 0.200. The van der Waals surface area contributed by atoms with E-state index in [2.05, 4.69) is 10.4 Å². The molecule has 1 aromatic heterocycles. The second kappa shape index (κ2) is 6.24. The van der Waals surface area contributed by atoms with E-state index in [9.17, 15) is 9.90 Å². The van der Waals surface area contributed by atoms with Crippen LogP contribution in [0, 0.1) is 20.8 Å². The van der Waals surface area contributed by atoms with E-state index in [1.54, 1.807) is 6.92 Å². The van der Waals surface area contributed by atoms with Gasteiger partial charge in [-0.15, -0.1) is 0 Å². The molecule has 3 aromatic rings. The van der Waals surface area contributed by atoms with Crippen molar-refractivity contribution in [3.63, 3.8) is 0 Å². The molecule has 0 bridgehead atoms. The minimum Gasteiger partial charge on any atom is -0.383 e. The van der Waals surface area contributed by atoms with Crippen molar-refractivity contribution in [1.29, 1.82) is 0 Å². The van der Waals surface area contributed by atoms with Crippen molar-refractivity contribution in [3.8, 4) is 5.69 Å². The molecule has 4 N–H and O–H groups in total. The van der Waals surface area contributed by atoms with Gasteiger partial charge in [-0.2, -0.15) is 5.10 Å². The lowest BCUT2D eigenvalue weighted by Gasteiger charge is -2.22. The van der Waals surface area contributed by atoms with Gasteiger partial charge in [-0.3, -0.25) is 4.79 Å². The number of fused-ring (bicyclic) bond motifs is 1. The molecule has 1 aliphatic rings. The van der Waals surface area contributed by atoms with Crippen molar-refractivity contribution in [2.24, 2.45) is 0 Å². The van der Waals surface area contributed by atoms with Crippen molar-refractivity contribution in [2.45, 2.75) is 26.4 Å². The molecular weight excluding hydrogens is 399 g/mol. The zero-order valence-electron chi connectivity index (χ0n) is 15.5. The molecule has 0 fully saturated rings. The molecule has 8 heteroatoms. The fourth-order valence-electron chi connectivity index (χ4n) is 3.78. The Kier molecular flexibility index (Phi) is 4.19. The summed E-state index contributed by atoms with van der Waals surface area (Å²) >= 11 is 12.3. The first-order valence-electron chi connectivity index (χ1n) is 8.61. The molecule has 1 atom stereocenters. The summed E-state index contributed by atoms with van der Waals surface area (Å²) in [6.07, 6.45) is 0. The van der Waals surface area contributed by atoms with Crippen LogP contribution in [0.25, 0.3) is 5.69 Å². The van der Waals surface area contributed by atoms with Crippen LogP contribution in [0.4, 0.5) is 11.5 Å². The fourth-order valence-corrected chi connectivity index (χ4v) is 4.32. The lowest BCUT2D eigenvalue weighted by Crippen LogP contribution is -2.36. The third-order valence-electron chi connectivity index (χ3n) is 5.05. The third-order valence-corrected chi connectivity index (χ3v) is 5.57. The van der Waals surface area contributed by atoms with Gasteiger partial charge in [0.15, 0.2) is 0 Å². The second-order valence-electron chi connectivity index (χ2n) is 7.02. The molecule has 0 aliphatic carbocycles. The van der Waals surface area contributed by atoms with Gasteiger partial charge < -0.3 is 16.2 Å². The topological polar surface area (TPSA) is 93.2 Å². The zero-order valence-corrected chi connectivity index (χ0v) is 17.0. The van der Waals surface area contributed by atoms with Crippen LogP contribution in [0.15, 0.2) is 30.3 Å². The summed E-state index contributed by atoms with van der Waals surface area (Å²) in [5.74, 6) is -0.479. The number of rotatable bonds is 2. The molecular formula is C20H18Cl2N4O2. The third kappa shape index (κ3) is 2.53. The van der Waals surface area contributed by atoms with E-state index < -0.39 is 11.5 Å². The van der Waals surface area contributed by atoms with E-state index in [0.717, 1.165) is 16.8 Å². The Bertz CT molecular complexity index is 1160. The minimum absolute atomic E-state index is 0.172. The van der Waals surface area contributed by atoms with Crippen LogP contribution in [0.1, 0.15) is 27.9 Å². The van der Waals surface area contributed by atoms with E-state index in [-0.39, 0.29) is 22.0 Å². The Labute approximate surface area is 171 Å². The molecule has 0 unspecified atom stereocenters. The van der Waals surface area contributed by atoms with Crippen LogP contribution in [-0.4, -0.2) is 20.8 Å². The van der Waals surface area contributed by atoms with Crippen LogP contribution < -0.4 is 11.1 Å². The van der Waals surface area contributed by atoms with Gasteiger partial charge in [-0.05, 0) is 44.5 Å². The van der Waals surface area contributed by atoms with Crippen molar-refractivity contribution in [1.82, 2.24) is 9.78 Å². The Morgan fingerprint density at radius 1 is 1.18 bits per heavy atom. The second-order valence-corrected chi connectivity index (χ2v) is 7.87. The number of aryl methyl sites for hydroxylation is 3. The highest BCUT2D eigenvalue weighted by atomic mass is 35.5. The zero-order chi connectivity index (χ0) is 20.4. The largest absolute Gasteiger partial charge is 0.383 e. The first-order valence-corrected chi connectivity index (χ1v) is 9.36. The van der Waals surface area contributed by atoms with E-state index in [1.807, 2.05) is 32.0 Å². The normalized spacial score (nSPS) is 18.3. The number of benzene rings is 2. The molecule has 28 heavy (non-hydrogen) atoms. The van der Waals surface area contributed by atoms with Crippen molar-refractivity contribution in [2.75, 3.05) is 11.1 Å². The molecule has 6 nitrogen and oxygen atoms in total. The summed E-state index contributed by atoms with van der Waals surface area (Å²) in [7, 11) is 0. The number of aliphatic hydroxyl groups is 1. The summed E-state index contributed by atoms with van der Waals surface area (Å²) in [6, 6.07) is 8.87. The van der Waals surface area contributed by atoms with Gasteiger partial charge in [0.2, 0.25) is 5.60 Å². The van der Waals surface area contributed by atoms with Crippen molar-refractivity contribution >= 4 is 40.6 Å². The van der Waals surface area contributed by atoms with Crippen molar-refractivity contribution in [3.05, 3.63) is 68.3 Å². The van der Waals surface area contributed by atoms with Gasteiger partial charge in [0.25, 0.3) is 5.91 Å². The predicted molar refractivity (Wildman–Crippen MR) is 110 cm³/mol. The predicted octanol–water partition coefficient (Wildman–Crippen LogP) is 3.87. The molecule has 2 aromatic carbocycles. The van der Waals surface area contributed by atoms with Crippen LogP contribution in [0.3, 0.4) is 0 Å². The van der Waals surface area contributed by atoms with Crippen molar-refractivity contribution < 1.29 is 9.90 Å². The number of carbonyl (C=O) groups is 1. The average molecular weight is 417 g/mol. The van der Waals surface area contributed by atoms with Gasteiger partial charge in [0.05, 0.1) is 27.7 Å². The van der Waals surface area contributed by atoms with Crippen LogP contribution in [-0.2, 0) is 10.4 Å². The van der Waals surface area contributed by atoms with Gasteiger partial charge in [-0.25, -0.2) is 4.68 Å². The molecule has 4 rings (SSSR count). The number of nitrogen functional groups attached to an aromatic ring is 1. The number of amides is 1. The number of hydrogen-bond acceptors (Lipinski definition) is 4. The number of halogens is 2. The smallest absolute Gasteiger partial charge is 0.266 e. The minimum atomic E-state index is -2.05. The Balaban J connectivity index is 1.97. The number of nitrogens with one attached hydrogen (secondary N) is 1. The number of hydrogen-bond donors (Lipinski definition) is 3. The van der Waals surface area contributed by atoms with Crippen LogP contribution in [0.2, 0.25) is 10.0 Å². The van der Waals surface area contributed by atoms with Gasteiger partial charge in [0.1, 0.15) is 5.82 Å². The lowest BCUT2D eigenvalue weighted by atomic mass is 9.87. The number of carbonyl (C=O) groups excluding carboxylic acids is 1. The Hall–Kier alpha value is -2.54. The molecule has 2 heterocycles. The monoisotopic (exact) mass is 416 g/mol. The number of nitrogens with two attached hydrogens (primary N) is 1.